The monoisotopic (exact) mass is 322 g/mol. The van der Waals surface area contributed by atoms with Crippen LogP contribution in [-0.4, -0.2) is 52.9 Å². The molecule has 1 fully saturated rings. The lowest BCUT2D eigenvalue weighted by molar-refractivity contribution is 0.130. The van der Waals surface area contributed by atoms with E-state index in [-0.39, 0.29) is 10.8 Å². The summed E-state index contributed by atoms with van der Waals surface area (Å²) in [4.78, 5) is 2.49. The molecule has 0 N–H and O–H groups in total. The molecule has 0 radical (unpaired) electrons. The molecule has 0 bridgehead atoms. The van der Waals surface area contributed by atoms with Crippen molar-refractivity contribution < 1.29 is 13.2 Å². The molecule has 5 nitrogen and oxygen atoms in total. The third-order valence-electron chi connectivity index (χ3n) is 4.21. The average molecular weight is 322 g/mol. The largest absolute Gasteiger partial charge is 0.383 e. The standard InChI is InChI=1S/C16H22N2O3S/c1-21-11-10-18-8-6-13(7-9-18)14-4-3-5-16(15(14)12-17)22(2,19)20/h3-5,13H,6-11H2,1-2H3. The third-order valence-corrected chi connectivity index (χ3v) is 5.35. The predicted molar refractivity (Wildman–Crippen MR) is 84.6 cm³/mol. The zero-order chi connectivity index (χ0) is 16.2. The molecule has 0 atom stereocenters. The highest BCUT2D eigenvalue weighted by molar-refractivity contribution is 7.90. The number of ether oxygens (including phenoxy) is 1. The van der Waals surface area contributed by atoms with Crippen molar-refractivity contribution in [1.29, 1.82) is 5.26 Å². The fourth-order valence-corrected chi connectivity index (χ4v) is 3.86. The topological polar surface area (TPSA) is 70.4 Å². The Morgan fingerprint density at radius 1 is 1.36 bits per heavy atom. The highest BCUT2D eigenvalue weighted by Gasteiger charge is 2.25. The molecule has 0 aliphatic carbocycles. The summed E-state index contributed by atoms with van der Waals surface area (Å²) in [5.74, 6) is 0.246. The second kappa shape index (κ2) is 7.23. The molecule has 1 heterocycles. The Hall–Kier alpha value is -1.42. The van der Waals surface area contributed by atoms with Crippen LogP contribution in [0.1, 0.15) is 29.9 Å². The van der Waals surface area contributed by atoms with Gasteiger partial charge < -0.3 is 9.64 Å². The van der Waals surface area contributed by atoms with Gasteiger partial charge in [0, 0.05) is 19.9 Å². The van der Waals surface area contributed by atoms with E-state index in [1.165, 1.54) is 6.07 Å². The molecule has 1 saturated heterocycles. The number of piperidine rings is 1. The number of rotatable bonds is 5. The molecule has 0 amide bonds. The second-order valence-electron chi connectivity index (χ2n) is 5.71. The van der Waals surface area contributed by atoms with Gasteiger partial charge in [-0.05, 0) is 43.5 Å². The number of benzene rings is 1. The number of nitrogens with zero attached hydrogens (tertiary/aromatic N) is 2. The van der Waals surface area contributed by atoms with Crippen molar-refractivity contribution >= 4 is 9.84 Å². The number of methoxy groups -OCH3 is 1. The van der Waals surface area contributed by atoms with E-state index in [0.717, 1.165) is 50.9 Å². The second-order valence-corrected chi connectivity index (χ2v) is 7.70. The van der Waals surface area contributed by atoms with Crippen LogP contribution in [0.3, 0.4) is 0 Å². The van der Waals surface area contributed by atoms with Crippen LogP contribution in [0.2, 0.25) is 0 Å². The minimum atomic E-state index is -3.38. The summed E-state index contributed by atoms with van der Waals surface area (Å²) in [5.41, 5.74) is 1.19. The quantitative estimate of drug-likeness (QED) is 0.826. The van der Waals surface area contributed by atoms with Crippen molar-refractivity contribution in [1.82, 2.24) is 4.90 Å². The van der Waals surface area contributed by atoms with Gasteiger partial charge in [-0.15, -0.1) is 0 Å². The van der Waals surface area contributed by atoms with E-state index < -0.39 is 9.84 Å². The predicted octanol–water partition coefficient (Wildman–Crippen LogP) is 1.79. The van der Waals surface area contributed by atoms with Gasteiger partial charge in [0.2, 0.25) is 0 Å². The van der Waals surface area contributed by atoms with E-state index in [2.05, 4.69) is 11.0 Å². The first-order chi connectivity index (χ1) is 10.5. The molecule has 0 spiro atoms. The van der Waals surface area contributed by atoms with Crippen LogP contribution in [0.25, 0.3) is 0 Å². The first kappa shape index (κ1) is 16.9. The third kappa shape index (κ3) is 3.86. The Labute approximate surface area is 132 Å². The van der Waals surface area contributed by atoms with Crippen LogP contribution in [0.5, 0.6) is 0 Å². The molecule has 0 unspecified atom stereocenters. The van der Waals surface area contributed by atoms with Gasteiger partial charge >= 0.3 is 0 Å². The maximum absolute atomic E-state index is 11.8. The molecule has 6 heteroatoms. The van der Waals surface area contributed by atoms with E-state index in [1.54, 1.807) is 13.2 Å². The first-order valence-corrected chi connectivity index (χ1v) is 9.31. The van der Waals surface area contributed by atoms with Crippen LogP contribution < -0.4 is 0 Å². The number of hydrogen-bond acceptors (Lipinski definition) is 5. The Kier molecular flexibility index (Phi) is 5.57. The van der Waals surface area contributed by atoms with Crippen molar-refractivity contribution in [2.75, 3.05) is 39.6 Å². The maximum Gasteiger partial charge on any atom is 0.176 e. The summed E-state index contributed by atoms with van der Waals surface area (Å²) in [7, 11) is -1.68. The van der Waals surface area contributed by atoms with Crippen LogP contribution in [0, 0.1) is 11.3 Å². The summed E-state index contributed by atoms with van der Waals surface area (Å²) in [6, 6.07) is 7.25. The van der Waals surface area contributed by atoms with Crippen LogP contribution in [-0.2, 0) is 14.6 Å². The van der Waals surface area contributed by atoms with Crippen LogP contribution >= 0.6 is 0 Å². The van der Waals surface area contributed by atoms with Gasteiger partial charge in [-0.1, -0.05) is 12.1 Å². The summed E-state index contributed by atoms with van der Waals surface area (Å²) in [5, 5.41) is 9.42. The Morgan fingerprint density at radius 3 is 2.59 bits per heavy atom. The van der Waals surface area contributed by atoms with Crippen LogP contribution in [0.15, 0.2) is 23.1 Å². The van der Waals surface area contributed by atoms with E-state index >= 15 is 0 Å². The zero-order valence-corrected chi connectivity index (χ0v) is 13.9. The molecule has 2 rings (SSSR count). The van der Waals surface area contributed by atoms with Crippen molar-refractivity contribution in [2.24, 2.45) is 0 Å². The molecule has 1 aliphatic rings. The lowest BCUT2D eigenvalue weighted by Crippen LogP contribution is -2.35. The van der Waals surface area contributed by atoms with E-state index in [1.807, 2.05) is 6.07 Å². The molecule has 1 aliphatic heterocycles. The maximum atomic E-state index is 11.8. The molecular formula is C16H22N2O3S. The van der Waals surface area contributed by atoms with Gasteiger partial charge in [-0.2, -0.15) is 5.26 Å². The zero-order valence-electron chi connectivity index (χ0n) is 13.1. The summed E-state index contributed by atoms with van der Waals surface area (Å²) in [6.45, 7) is 3.53. The number of hydrogen-bond donors (Lipinski definition) is 0. The van der Waals surface area contributed by atoms with Crippen molar-refractivity contribution in [3.63, 3.8) is 0 Å². The normalized spacial score (nSPS) is 17.3. The Balaban J connectivity index is 2.19. The fourth-order valence-electron chi connectivity index (χ4n) is 3.00. The van der Waals surface area contributed by atoms with Gasteiger partial charge in [0.05, 0.1) is 17.1 Å². The summed E-state index contributed by atoms with van der Waals surface area (Å²) >= 11 is 0. The van der Waals surface area contributed by atoms with Gasteiger partial charge in [-0.3, -0.25) is 0 Å². The molecule has 1 aromatic carbocycles. The molecule has 1 aromatic rings. The number of likely N-dealkylation sites (tertiary alicyclic amines) is 1. The SMILES string of the molecule is COCCN1CCC(c2cccc(S(C)(=O)=O)c2C#N)CC1. The van der Waals surface area contributed by atoms with Gasteiger partial charge in [-0.25, -0.2) is 8.42 Å². The van der Waals surface area contributed by atoms with E-state index in [4.69, 9.17) is 4.74 Å². The highest BCUT2D eigenvalue weighted by Crippen LogP contribution is 2.32. The lowest BCUT2D eigenvalue weighted by atomic mass is 9.87. The molecule has 0 aromatic heterocycles. The number of nitriles is 1. The Morgan fingerprint density at radius 2 is 2.05 bits per heavy atom. The van der Waals surface area contributed by atoms with Gasteiger partial charge in [0.15, 0.2) is 9.84 Å². The van der Waals surface area contributed by atoms with E-state index in [9.17, 15) is 13.7 Å². The molecular weight excluding hydrogens is 300 g/mol. The summed E-state index contributed by atoms with van der Waals surface area (Å²) < 4.78 is 28.8. The smallest absolute Gasteiger partial charge is 0.176 e. The minimum absolute atomic E-state index is 0.148. The summed E-state index contributed by atoms with van der Waals surface area (Å²) in [6.07, 6.45) is 3.03. The molecule has 22 heavy (non-hydrogen) atoms. The van der Waals surface area contributed by atoms with E-state index in [0.29, 0.717) is 5.56 Å². The van der Waals surface area contributed by atoms with Crippen LogP contribution in [0.4, 0.5) is 0 Å². The lowest BCUT2D eigenvalue weighted by Gasteiger charge is -2.32. The van der Waals surface area contributed by atoms with Gasteiger partial charge in [0.25, 0.3) is 0 Å². The van der Waals surface area contributed by atoms with Crippen molar-refractivity contribution in [3.8, 4) is 6.07 Å². The van der Waals surface area contributed by atoms with Crippen molar-refractivity contribution in [2.45, 2.75) is 23.7 Å². The molecule has 120 valence electrons. The minimum Gasteiger partial charge on any atom is -0.383 e. The average Bonchev–Trinajstić information content (AvgIpc) is 2.51. The van der Waals surface area contributed by atoms with Gasteiger partial charge in [0.1, 0.15) is 6.07 Å². The number of sulfone groups is 1. The molecule has 0 saturated carbocycles. The highest BCUT2D eigenvalue weighted by atomic mass is 32.2. The Bertz CT molecular complexity index is 656. The first-order valence-electron chi connectivity index (χ1n) is 7.41. The van der Waals surface area contributed by atoms with Crippen molar-refractivity contribution in [3.05, 3.63) is 29.3 Å². The fraction of sp³-hybridized carbons (Fsp3) is 0.562.